The lowest BCUT2D eigenvalue weighted by Crippen LogP contribution is -2.27. The van der Waals surface area contributed by atoms with Gasteiger partial charge in [-0.15, -0.1) is 5.75 Å². The molecule has 138 valence electrons. The normalized spacial score (nSPS) is 15.4. The van der Waals surface area contributed by atoms with Gasteiger partial charge in [-0.3, -0.25) is 19.8 Å². The van der Waals surface area contributed by atoms with E-state index in [-0.39, 0.29) is 22.1 Å². The third-order valence-corrected chi connectivity index (χ3v) is 4.99. The molecule has 0 unspecified atom stereocenters. The maximum atomic E-state index is 12.7. The summed E-state index contributed by atoms with van der Waals surface area (Å²) in [6.45, 7) is 2.41. The van der Waals surface area contributed by atoms with Crippen LogP contribution in [0.4, 0.5) is 11.4 Å². The molecule has 27 heavy (non-hydrogen) atoms. The highest BCUT2D eigenvalue weighted by Gasteiger charge is 2.33. The van der Waals surface area contributed by atoms with Gasteiger partial charge in [-0.25, -0.2) is 0 Å². The summed E-state index contributed by atoms with van der Waals surface area (Å²) in [6.07, 6.45) is 1.34. The number of nitrogens with zero attached hydrogens (tertiary/aromatic N) is 2. The molecule has 1 aliphatic rings. The molecule has 0 aliphatic carbocycles. The molecule has 2 aromatic rings. The highest BCUT2D eigenvalue weighted by atomic mass is 32.2. The lowest BCUT2D eigenvalue weighted by molar-refractivity contribution is -0.385. The van der Waals surface area contributed by atoms with Crippen molar-refractivity contribution in [1.29, 1.82) is 0 Å². The Labute approximate surface area is 164 Å². The Kier molecular flexibility index (Phi) is 5.43. The molecule has 1 fully saturated rings. The van der Waals surface area contributed by atoms with Crippen LogP contribution in [0, 0.1) is 10.1 Å². The largest absolute Gasteiger partial charge is 0.872 e. The first-order chi connectivity index (χ1) is 12.9. The highest BCUT2D eigenvalue weighted by Crippen LogP contribution is 2.37. The van der Waals surface area contributed by atoms with Gasteiger partial charge in [0.2, 0.25) is 0 Å². The van der Waals surface area contributed by atoms with Gasteiger partial charge in [0.05, 0.1) is 22.1 Å². The first kappa shape index (κ1) is 18.9. The topological polar surface area (TPSA) is 95.7 Å². The first-order valence-electron chi connectivity index (χ1n) is 7.87. The van der Waals surface area contributed by atoms with Crippen LogP contribution in [-0.4, -0.2) is 21.8 Å². The second kappa shape index (κ2) is 7.77. The lowest BCUT2D eigenvalue weighted by Gasteiger charge is -2.15. The number of rotatable bonds is 5. The van der Waals surface area contributed by atoms with E-state index in [0.29, 0.717) is 22.4 Å². The van der Waals surface area contributed by atoms with Crippen molar-refractivity contribution in [3.63, 3.8) is 0 Å². The van der Waals surface area contributed by atoms with Crippen LogP contribution in [0.3, 0.4) is 0 Å². The summed E-state index contributed by atoms with van der Waals surface area (Å²) in [4.78, 5) is 24.6. The van der Waals surface area contributed by atoms with Crippen molar-refractivity contribution in [1.82, 2.24) is 0 Å². The number of benzene rings is 2. The number of carbonyl (C=O) groups is 1. The Balaban J connectivity index is 1.91. The van der Waals surface area contributed by atoms with E-state index in [2.05, 4.69) is 0 Å². The Morgan fingerprint density at radius 2 is 1.96 bits per heavy atom. The molecule has 3 rings (SSSR count). The molecule has 0 spiro atoms. The number of hydrogen-bond donors (Lipinski definition) is 0. The van der Waals surface area contributed by atoms with Crippen molar-refractivity contribution < 1.29 is 19.6 Å². The number of non-ortho nitro benzene ring substituents is 1. The van der Waals surface area contributed by atoms with Gasteiger partial charge in [0.25, 0.3) is 11.6 Å². The first-order valence-corrected chi connectivity index (χ1v) is 9.09. The van der Waals surface area contributed by atoms with Crippen molar-refractivity contribution in [2.75, 3.05) is 11.5 Å². The number of ether oxygens (including phenoxy) is 1. The van der Waals surface area contributed by atoms with Crippen LogP contribution in [0.15, 0.2) is 47.4 Å². The average Bonchev–Trinajstić information content (AvgIpc) is 2.91. The molecular weight excluding hydrogens is 388 g/mol. The molecule has 0 saturated carbocycles. The number of amides is 1. The zero-order valence-corrected chi connectivity index (χ0v) is 15.7. The monoisotopic (exact) mass is 401 g/mol. The third kappa shape index (κ3) is 3.93. The molecule has 1 saturated heterocycles. The Hall–Kier alpha value is -2.91. The van der Waals surface area contributed by atoms with Crippen LogP contribution in [-0.2, 0) is 4.79 Å². The number of hydrogen-bond acceptors (Lipinski definition) is 7. The van der Waals surface area contributed by atoms with Crippen molar-refractivity contribution in [3.05, 3.63) is 63.0 Å². The van der Waals surface area contributed by atoms with E-state index < -0.39 is 10.7 Å². The number of nitro groups is 1. The van der Waals surface area contributed by atoms with Gasteiger partial charge in [0.1, 0.15) is 5.75 Å². The third-order valence-electron chi connectivity index (χ3n) is 3.69. The fraction of sp³-hybridized carbons (Fsp3) is 0.111. The van der Waals surface area contributed by atoms with Gasteiger partial charge >= 0.3 is 0 Å². The van der Waals surface area contributed by atoms with Gasteiger partial charge in [-0.2, -0.15) is 0 Å². The van der Waals surface area contributed by atoms with E-state index >= 15 is 0 Å². The second-order valence-electron chi connectivity index (χ2n) is 5.42. The van der Waals surface area contributed by atoms with E-state index in [1.807, 2.05) is 6.92 Å². The molecule has 1 heterocycles. The highest BCUT2D eigenvalue weighted by molar-refractivity contribution is 8.27. The van der Waals surface area contributed by atoms with Crippen molar-refractivity contribution in [3.8, 4) is 11.5 Å². The number of anilines is 1. The second-order valence-corrected chi connectivity index (χ2v) is 7.10. The smallest absolute Gasteiger partial charge is 0.270 e. The predicted molar refractivity (Wildman–Crippen MR) is 106 cm³/mol. The molecule has 0 bridgehead atoms. The van der Waals surface area contributed by atoms with Crippen molar-refractivity contribution in [2.24, 2.45) is 0 Å². The standard InChI is InChI=1S/C18H14N2O5S2/c1-2-25-14-6-3-12(4-7-14)19-17(22)16(27-18(19)26)10-11-9-13(20(23)24)5-8-15(11)21/h3-10,21H,2H2,1H3/p-1/b16-10-. The van der Waals surface area contributed by atoms with E-state index in [4.69, 9.17) is 17.0 Å². The minimum atomic E-state index is -0.595. The summed E-state index contributed by atoms with van der Waals surface area (Å²) in [5, 5.41) is 22.9. The van der Waals surface area contributed by atoms with Crippen LogP contribution < -0.4 is 14.7 Å². The number of nitro benzene ring substituents is 1. The molecule has 7 nitrogen and oxygen atoms in total. The Morgan fingerprint density at radius 1 is 1.26 bits per heavy atom. The summed E-state index contributed by atoms with van der Waals surface area (Å²) in [5.41, 5.74) is 0.421. The average molecular weight is 401 g/mol. The number of thiocarbonyl (C=S) groups is 1. The molecule has 0 N–H and O–H groups in total. The molecular formula is C18H13N2O5S2-. The van der Waals surface area contributed by atoms with Crippen molar-refractivity contribution >= 4 is 51.7 Å². The predicted octanol–water partition coefficient (Wildman–Crippen LogP) is 3.47. The summed E-state index contributed by atoms with van der Waals surface area (Å²) >= 11 is 6.32. The molecule has 1 amide bonds. The summed E-state index contributed by atoms with van der Waals surface area (Å²) in [6, 6.07) is 10.3. The fourth-order valence-corrected chi connectivity index (χ4v) is 3.74. The van der Waals surface area contributed by atoms with Gasteiger partial charge in [-0.1, -0.05) is 30.0 Å². The molecule has 0 atom stereocenters. The van der Waals surface area contributed by atoms with Crippen LogP contribution in [0.1, 0.15) is 12.5 Å². The van der Waals surface area contributed by atoms with Crippen LogP contribution >= 0.6 is 24.0 Å². The fourth-order valence-electron chi connectivity index (χ4n) is 2.45. The summed E-state index contributed by atoms with van der Waals surface area (Å²) < 4.78 is 5.69. The summed E-state index contributed by atoms with van der Waals surface area (Å²) in [5.74, 6) is -0.123. The maximum Gasteiger partial charge on any atom is 0.270 e. The van der Waals surface area contributed by atoms with Crippen LogP contribution in [0.2, 0.25) is 0 Å². The van der Waals surface area contributed by atoms with E-state index in [9.17, 15) is 20.0 Å². The molecule has 1 aliphatic heterocycles. The Bertz CT molecular complexity index is 957. The minimum Gasteiger partial charge on any atom is -0.872 e. The molecule has 2 aromatic carbocycles. The SMILES string of the molecule is CCOc1ccc(N2C(=O)/C(=C/c3cc([N+](=O)[O-])ccc3[O-])SC2=S)cc1. The Morgan fingerprint density at radius 3 is 2.59 bits per heavy atom. The summed E-state index contributed by atoms with van der Waals surface area (Å²) in [7, 11) is 0. The van der Waals surface area contributed by atoms with Gasteiger partial charge in [0.15, 0.2) is 4.32 Å². The molecule has 0 radical (unpaired) electrons. The molecule has 9 heteroatoms. The molecule has 0 aromatic heterocycles. The van der Waals surface area contributed by atoms with Crippen LogP contribution in [0.5, 0.6) is 11.5 Å². The van der Waals surface area contributed by atoms with Gasteiger partial charge in [-0.05, 0) is 42.8 Å². The number of carbonyl (C=O) groups excluding carboxylic acids is 1. The van der Waals surface area contributed by atoms with Crippen LogP contribution in [0.25, 0.3) is 6.08 Å². The zero-order valence-electron chi connectivity index (χ0n) is 14.1. The van der Waals surface area contributed by atoms with E-state index in [1.54, 1.807) is 24.3 Å². The number of thioether (sulfide) groups is 1. The van der Waals surface area contributed by atoms with Gasteiger partial charge in [0, 0.05) is 12.1 Å². The zero-order chi connectivity index (χ0) is 19.6. The van der Waals surface area contributed by atoms with Gasteiger partial charge < -0.3 is 9.84 Å². The minimum absolute atomic E-state index is 0.0661. The van der Waals surface area contributed by atoms with E-state index in [1.165, 1.54) is 11.0 Å². The quantitative estimate of drug-likeness (QED) is 0.328. The van der Waals surface area contributed by atoms with E-state index in [0.717, 1.165) is 30.0 Å². The maximum absolute atomic E-state index is 12.7. The lowest BCUT2D eigenvalue weighted by atomic mass is 10.1. The van der Waals surface area contributed by atoms with Crippen molar-refractivity contribution in [2.45, 2.75) is 6.92 Å².